The van der Waals surface area contributed by atoms with Crippen LogP contribution in [0.15, 0.2) is 126 Å². The van der Waals surface area contributed by atoms with Crippen LogP contribution in [0.5, 0.6) is 0 Å². The molecular formula is C38H20N4O. The van der Waals surface area contributed by atoms with Gasteiger partial charge in [-0.1, -0.05) is 78.9 Å². The zero-order valence-corrected chi connectivity index (χ0v) is 22.7. The summed E-state index contributed by atoms with van der Waals surface area (Å²) < 4.78 is 10.8. The molecule has 9 aromatic rings. The largest absolute Gasteiger partial charge is 0.478 e. The Morgan fingerprint density at radius 1 is 0.442 bits per heavy atom. The molecule has 0 saturated heterocycles. The smallest absolute Gasteiger partial charge is 0.231 e. The first-order valence-electron chi connectivity index (χ1n) is 14.0. The highest BCUT2D eigenvalue weighted by molar-refractivity contribution is 6.30. The third-order valence-electron chi connectivity index (χ3n) is 8.53. The lowest BCUT2D eigenvalue weighted by atomic mass is 10.0. The highest BCUT2D eigenvalue weighted by atomic mass is 16.3. The first-order valence-corrected chi connectivity index (χ1v) is 14.0. The van der Waals surface area contributed by atoms with Crippen LogP contribution < -0.4 is 0 Å². The van der Waals surface area contributed by atoms with E-state index in [0.717, 1.165) is 55.0 Å². The number of para-hydroxylation sites is 4. The Labute approximate surface area is 245 Å². The van der Waals surface area contributed by atoms with E-state index in [9.17, 15) is 0 Å². The summed E-state index contributed by atoms with van der Waals surface area (Å²) in [6.07, 6.45) is 0. The fraction of sp³-hybridized carbons (Fsp3) is 0. The van der Waals surface area contributed by atoms with E-state index in [1.54, 1.807) is 6.07 Å². The number of aromatic nitrogens is 2. The average molecular weight is 549 g/mol. The zero-order chi connectivity index (χ0) is 28.7. The molecule has 5 nitrogen and oxygen atoms in total. The molecule has 0 saturated carbocycles. The van der Waals surface area contributed by atoms with Gasteiger partial charge in [0.2, 0.25) is 11.4 Å². The first kappa shape index (κ1) is 23.4. The molecule has 43 heavy (non-hydrogen) atoms. The standard InChI is InChI=1S/C38H20N4O/c1-39-29-17-10-16-28-36-35-27-15-5-8-20-33(27)42(34(35)22-30(40-2)38(36)43-37(28)29)24-12-9-11-23(21-24)41-31-18-6-3-13-25(31)26-14-4-7-19-32(26)41/h3-22H. The highest BCUT2D eigenvalue weighted by Gasteiger charge is 2.23. The van der Waals surface area contributed by atoms with Crippen LogP contribution in [0, 0.1) is 13.1 Å². The topological polar surface area (TPSA) is 31.7 Å². The van der Waals surface area contributed by atoms with E-state index in [1.165, 1.54) is 10.8 Å². The van der Waals surface area contributed by atoms with Crippen LogP contribution in [-0.2, 0) is 0 Å². The predicted molar refractivity (Wildman–Crippen MR) is 175 cm³/mol. The minimum atomic E-state index is 0.428. The summed E-state index contributed by atoms with van der Waals surface area (Å²) in [5, 5.41) is 6.24. The number of hydrogen-bond donors (Lipinski definition) is 0. The van der Waals surface area contributed by atoms with E-state index >= 15 is 0 Å². The van der Waals surface area contributed by atoms with Crippen LogP contribution in [0.4, 0.5) is 11.4 Å². The minimum absolute atomic E-state index is 0.428. The second-order valence-corrected chi connectivity index (χ2v) is 10.7. The molecule has 0 atom stereocenters. The molecule has 0 spiro atoms. The highest BCUT2D eigenvalue weighted by Crippen LogP contribution is 2.47. The van der Waals surface area contributed by atoms with Gasteiger partial charge in [-0.25, -0.2) is 9.69 Å². The molecule has 0 unspecified atom stereocenters. The molecule has 3 heterocycles. The van der Waals surface area contributed by atoms with Crippen LogP contribution in [0.25, 0.3) is 86.6 Å². The van der Waals surface area contributed by atoms with Crippen molar-refractivity contribution < 1.29 is 4.42 Å². The molecule has 0 aliphatic carbocycles. The van der Waals surface area contributed by atoms with Crippen molar-refractivity contribution in [1.29, 1.82) is 0 Å². The van der Waals surface area contributed by atoms with Crippen LogP contribution in [0.1, 0.15) is 0 Å². The molecule has 6 aromatic carbocycles. The van der Waals surface area contributed by atoms with Gasteiger partial charge in [0.25, 0.3) is 0 Å². The molecular weight excluding hydrogens is 528 g/mol. The molecule has 0 fully saturated rings. The van der Waals surface area contributed by atoms with E-state index in [0.29, 0.717) is 22.5 Å². The van der Waals surface area contributed by atoms with E-state index in [4.69, 9.17) is 17.6 Å². The average Bonchev–Trinajstić information content (AvgIpc) is 3.72. The van der Waals surface area contributed by atoms with E-state index < -0.39 is 0 Å². The summed E-state index contributed by atoms with van der Waals surface area (Å²) in [4.78, 5) is 7.59. The Morgan fingerprint density at radius 2 is 0.977 bits per heavy atom. The van der Waals surface area contributed by atoms with Gasteiger partial charge in [0, 0.05) is 49.2 Å². The van der Waals surface area contributed by atoms with E-state index in [-0.39, 0.29) is 0 Å². The second kappa shape index (κ2) is 8.60. The van der Waals surface area contributed by atoms with Crippen molar-refractivity contribution in [3.05, 3.63) is 144 Å². The molecule has 0 amide bonds. The van der Waals surface area contributed by atoms with Crippen molar-refractivity contribution in [2.75, 3.05) is 0 Å². The van der Waals surface area contributed by atoms with Crippen LogP contribution in [0.2, 0.25) is 0 Å². The third-order valence-corrected chi connectivity index (χ3v) is 8.53. The summed E-state index contributed by atoms with van der Waals surface area (Å²) in [6.45, 7) is 15.7. The lowest BCUT2D eigenvalue weighted by molar-refractivity contribution is 0.673. The van der Waals surface area contributed by atoms with Crippen LogP contribution >= 0.6 is 0 Å². The third kappa shape index (κ3) is 3.08. The maximum atomic E-state index is 8.06. The van der Waals surface area contributed by atoms with Gasteiger partial charge in [0.15, 0.2) is 0 Å². The van der Waals surface area contributed by atoms with Gasteiger partial charge >= 0.3 is 0 Å². The fourth-order valence-corrected chi connectivity index (χ4v) is 6.81. The van der Waals surface area contributed by atoms with Gasteiger partial charge in [-0.15, -0.1) is 0 Å². The number of nitrogens with zero attached hydrogens (tertiary/aromatic N) is 4. The Kier molecular flexibility index (Phi) is 4.68. The molecule has 0 N–H and O–H groups in total. The number of fused-ring (bicyclic) bond motifs is 10. The quantitative estimate of drug-likeness (QED) is 0.198. The lowest BCUT2D eigenvalue weighted by Gasteiger charge is -2.13. The normalized spacial score (nSPS) is 11.7. The van der Waals surface area contributed by atoms with Gasteiger partial charge in [-0.3, -0.25) is 0 Å². The molecule has 198 valence electrons. The van der Waals surface area contributed by atoms with Crippen molar-refractivity contribution in [2.24, 2.45) is 0 Å². The summed E-state index contributed by atoms with van der Waals surface area (Å²) in [5.41, 5.74) is 8.24. The number of furan rings is 1. The van der Waals surface area contributed by atoms with Crippen LogP contribution in [0.3, 0.4) is 0 Å². The fourth-order valence-electron chi connectivity index (χ4n) is 6.81. The Hall–Kier alpha value is -6.30. The molecule has 3 aromatic heterocycles. The maximum Gasteiger partial charge on any atom is 0.231 e. The van der Waals surface area contributed by atoms with Crippen molar-refractivity contribution in [1.82, 2.24) is 9.13 Å². The first-order chi connectivity index (χ1) is 21.3. The zero-order valence-electron chi connectivity index (χ0n) is 22.7. The van der Waals surface area contributed by atoms with Crippen LogP contribution in [-0.4, -0.2) is 9.13 Å². The van der Waals surface area contributed by atoms with E-state index in [2.05, 4.69) is 104 Å². The maximum absolute atomic E-state index is 8.06. The monoisotopic (exact) mass is 548 g/mol. The van der Waals surface area contributed by atoms with Gasteiger partial charge in [0.1, 0.15) is 11.2 Å². The molecule has 0 bridgehead atoms. The van der Waals surface area contributed by atoms with Crippen molar-refractivity contribution in [3.63, 3.8) is 0 Å². The summed E-state index contributed by atoms with van der Waals surface area (Å²) in [5.74, 6) is 0. The van der Waals surface area contributed by atoms with Crippen molar-refractivity contribution >= 4 is 76.9 Å². The number of benzene rings is 6. The summed E-state index contributed by atoms with van der Waals surface area (Å²) in [7, 11) is 0. The summed E-state index contributed by atoms with van der Waals surface area (Å²) in [6, 6.07) is 41.5. The summed E-state index contributed by atoms with van der Waals surface area (Å²) >= 11 is 0. The Bertz CT molecular complexity index is 2650. The van der Waals surface area contributed by atoms with Crippen molar-refractivity contribution in [2.45, 2.75) is 0 Å². The molecule has 0 aliphatic heterocycles. The van der Waals surface area contributed by atoms with Gasteiger partial charge in [0.05, 0.1) is 29.7 Å². The second-order valence-electron chi connectivity index (χ2n) is 10.7. The molecule has 0 aliphatic rings. The Balaban J connectivity index is 1.41. The van der Waals surface area contributed by atoms with Gasteiger partial charge in [-0.2, -0.15) is 0 Å². The number of rotatable bonds is 2. The van der Waals surface area contributed by atoms with E-state index in [1.807, 2.05) is 30.3 Å². The Morgan fingerprint density at radius 3 is 1.63 bits per heavy atom. The molecule has 0 radical (unpaired) electrons. The predicted octanol–water partition coefficient (Wildman–Crippen LogP) is 10.9. The molecule has 9 rings (SSSR count). The lowest BCUT2D eigenvalue weighted by Crippen LogP contribution is -1.98. The molecule has 5 heteroatoms. The SMILES string of the molecule is [C-]#[N+]c1cccc2c1oc1c([N+]#[C-])cc3c(c4ccccc4n3-c3cccc(-n4c5ccccc5c5ccccc54)c3)c12. The van der Waals surface area contributed by atoms with Gasteiger partial charge in [-0.05, 0) is 42.5 Å². The minimum Gasteiger partial charge on any atom is -0.478 e. The van der Waals surface area contributed by atoms with Gasteiger partial charge < -0.3 is 13.6 Å². The number of hydrogen-bond acceptors (Lipinski definition) is 1. The van der Waals surface area contributed by atoms with Crippen molar-refractivity contribution in [3.8, 4) is 11.4 Å².